The average Bonchev–Trinajstić information content (AvgIpc) is 2.90. The van der Waals surface area contributed by atoms with Gasteiger partial charge in [-0.3, -0.25) is 33.8 Å². The highest BCUT2D eigenvalue weighted by atomic mass is 16.4. The lowest BCUT2D eigenvalue weighted by molar-refractivity contribution is -0.146. The van der Waals surface area contributed by atoms with Crippen LogP contribution in [0.3, 0.4) is 0 Å². The maximum absolute atomic E-state index is 11.7. The van der Waals surface area contributed by atoms with Crippen molar-refractivity contribution < 1.29 is 29.1 Å². The Kier molecular flexibility index (Phi) is 3.97. The Labute approximate surface area is 119 Å². The Morgan fingerprint density at radius 2 is 1.43 bits per heavy atom. The highest BCUT2D eigenvalue weighted by Gasteiger charge is 2.35. The molecule has 2 aliphatic rings. The summed E-state index contributed by atoms with van der Waals surface area (Å²) in [6.45, 7) is -0.211. The first-order valence-corrected chi connectivity index (χ1v) is 6.20. The zero-order chi connectivity index (χ0) is 15.6. The van der Waals surface area contributed by atoms with Crippen LogP contribution in [0.25, 0.3) is 0 Å². The molecule has 0 fully saturated rings. The number of imide groups is 2. The number of carboxylic acid groups (broad SMARTS) is 1. The van der Waals surface area contributed by atoms with Gasteiger partial charge in [-0.25, -0.2) is 0 Å². The van der Waals surface area contributed by atoms with Crippen LogP contribution in [0.4, 0.5) is 0 Å². The zero-order valence-corrected chi connectivity index (χ0v) is 10.9. The molecule has 8 heteroatoms. The van der Waals surface area contributed by atoms with Gasteiger partial charge in [0.15, 0.2) is 0 Å². The summed E-state index contributed by atoms with van der Waals surface area (Å²) in [4.78, 5) is 58.9. The lowest BCUT2D eigenvalue weighted by Gasteiger charge is -2.28. The number of nitrogens with zero attached hydrogens (tertiary/aromatic N) is 2. The summed E-state index contributed by atoms with van der Waals surface area (Å²) in [5, 5.41) is 8.74. The van der Waals surface area contributed by atoms with Crippen LogP contribution in [0, 0.1) is 0 Å². The molecule has 4 amide bonds. The molecule has 1 atom stereocenters. The van der Waals surface area contributed by atoms with Crippen LogP contribution in [-0.2, 0) is 24.0 Å². The number of hydrogen-bond acceptors (Lipinski definition) is 5. The van der Waals surface area contributed by atoms with E-state index >= 15 is 0 Å². The smallest absolute Gasteiger partial charge is 0.303 e. The normalized spacial score (nSPS) is 19.0. The summed E-state index contributed by atoms with van der Waals surface area (Å²) in [6, 6.07) is -0.858. The predicted molar refractivity (Wildman–Crippen MR) is 67.5 cm³/mol. The lowest BCUT2D eigenvalue weighted by Crippen LogP contribution is -2.48. The van der Waals surface area contributed by atoms with Crippen LogP contribution >= 0.6 is 0 Å². The van der Waals surface area contributed by atoms with Crippen LogP contribution in [0.1, 0.15) is 12.8 Å². The maximum Gasteiger partial charge on any atom is 0.303 e. The van der Waals surface area contributed by atoms with Crippen molar-refractivity contribution in [1.29, 1.82) is 0 Å². The van der Waals surface area contributed by atoms with Gasteiger partial charge in [0.1, 0.15) is 0 Å². The minimum Gasteiger partial charge on any atom is -0.481 e. The second-order valence-electron chi connectivity index (χ2n) is 4.59. The average molecular weight is 292 g/mol. The van der Waals surface area contributed by atoms with E-state index in [-0.39, 0.29) is 19.4 Å². The molecule has 0 aromatic heterocycles. The van der Waals surface area contributed by atoms with Crippen molar-refractivity contribution in [3.63, 3.8) is 0 Å². The summed E-state index contributed by atoms with van der Waals surface area (Å²) in [5.74, 6) is -3.35. The Bertz CT molecular complexity index is 555. The Hall–Kier alpha value is -2.77. The highest BCUT2D eigenvalue weighted by Crippen LogP contribution is 2.17. The van der Waals surface area contributed by atoms with Crippen LogP contribution < -0.4 is 0 Å². The number of aliphatic carboxylic acids is 1. The van der Waals surface area contributed by atoms with E-state index in [0.29, 0.717) is 0 Å². The van der Waals surface area contributed by atoms with Crippen molar-refractivity contribution in [3.05, 3.63) is 24.3 Å². The number of hydrogen-bond donors (Lipinski definition) is 1. The van der Waals surface area contributed by atoms with Crippen molar-refractivity contribution >= 4 is 29.6 Å². The van der Waals surface area contributed by atoms with Crippen molar-refractivity contribution in [1.82, 2.24) is 9.80 Å². The largest absolute Gasteiger partial charge is 0.481 e. The number of rotatable bonds is 6. The molecule has 8 nitrogen and oxygen atoms in total. The van der Waals surface area contributed by atoms with E-state index in [1.807, 2.05) is 0 Å². The predicted octanol–water partition coefficient (Wildman–Crippen LogP) is -0.930. The summed E-state index contributed by atoms with van der Waals surface area (Å²) in [5.41, 5.74) is 0. The molecule has 21 heavy (non-hydrogen) atoms. The van der Waals surface area contributed by atoms with Crippen LogP contribution in [0.15, 0.2) is 24.3 Å². The summed E-state index contributed by atoms with van der Waals surface area (Å²) >= 11 is 0. The summed E-state index contributed by atoms with van der Waals surface area (Å²) in [7, 11) is 0. The summed E-state index contributed by atoms with van der Waals surface area (Å²) < 4.78 is 0. The molecule has 0 saturated carbocycles. The van der Waals surface area contributed by atoms with Gasteiger partial charge in [0.2, 0.25) is 0 Å². The van der Waals surface area contributed by atoms with E-state index < -0.39 is 35.6 Å². The molecule has 1 unspecified atom stereocenters. The second-order valence-corrected chi connectivity index (χ2v) is 4.59. The SMILES string of the molecule is O=C(O)CCC(CN1C(=O)C=CC1=O)N1C(=O)C=CC1=O. The van der Waals surface area contributed by atoms with E-state index in [1.54, 1.807) is 0 Å². The lowest BCUT2D eigenvalue weighted by atomic mass is 10.1. The third-order valence-corrected chi connectivity index (χ3v) is 3.19. The molecular weight excluding hydrogens is 280 g/mol. The van der Waals surface area contributed by atoms with Gasteiger partial charge in [0, 0.05) is 30.7 Å². The van der Waals surface area contributed by atoms with Gasteiger partial charge in [-0.15, -0.1) is 0 Å². The molecule has 0 aromatic rings. The fraction of sp³-hybridized carbons (Fsp3) is 0.308. The number of carbonyl (C=O) groups is 5. The first-order chi connectivity index (χ1) is 9.90. The van der Waals surface area contributed by atoms with Crippen LogP contribution in [-0.4, -0.2) is 57.1 Å². The molecular formula is C13H12N2O6. The van der Waals surface area contributed by atoms with Crippen molar-refractivity contribution in [2.24, 2.45) is 0 Å². The van der Waals surface area contributed by atoms with Gasteiger partial charge in [0.05, 0.1) is 12.6 Å². The van der Waals surface area contributed by atoms with Gasteiger partial charge < -0.3 is 5.11 Å². The Morgan fingerprint density at radius 3 is 1.90 bits per heavy atom. The molecule has 0 bridgehead atoms. The van der Waals surface area contributed by atoms with E-state index in [0.717, 1.165) is 34.1 Å². The van der Waals surface area contributed by atoms with Crippen LogP contribution in [0.2, 0.25) is 0 Å². The van der Waals surface area contributed by atoms with E-state index in [4.69, 9.17) is 5.11 Å². The zero-order valence-electron chi connectivity index (χ0n) is 10.9. The second kappa shape index (κ2) is 5.70. The number of amides is 4. The fourth-order valence-electron chi connectivity index (χ4n) is 2.19. The highest BCUT2D eigenvalue weighted by molar-refractivity contribution is 6.14. The number of carboxylic acids is 1. The first kappa shape index (κ1) is 14.6. The standard InChI is InChI=1S/C13H12N2O6/c16-9-2-3-10(17)14(9)7-8(1-6-13(20)21)15-11(18)4-5-12(15)19/h2-5,8H,1,6-7H2,(H,20,21). The van der Waals surface area contributed by atoms with Crippen molar-refractivity contribution in [3.8, 4) is 0 Å². The monoisotopic (exact) mass is 292 g/mol. The van der Waals surface area contributed by atoms with E-state index in [1.165, 1.54) is 0 Å². The first-order valence-electron chi connectivity index (χ1n) is 6.20. The maximum atomic E-state index is 11.7. The minimum absolute atomic E-state index is 0.0362. The van der Waals surface area contributed by atoms with Gasteiger partial charge in [-0.1, -0.05) is 0 Å². The molecule has 1 N–H and O–H groups in total. The quantitative estimate of drug-likeness (QED) is 0.633. The molecule has 110 valence electrons. The van der Waals surface area contributed by atoms with Crippen molar-refractivity contribution in [2.45, 2.75) is 18.9 Å². The third-order valence-electron chi connectivity index (χ3n) is 3.19. The third kappa shape index (κ3) is 3.04. The topological polar surface area (TPSA) is 112 Å². The van der Waals surface area contributed by atoms with Crippen LogP contribution in [0.5, 0.6) is 0 Å². The molecule has 0 spiro atoms. The van der Waals surface area contributed by atoms with E-state index in [9.17, 15) is 24.0 Å². The van der Waals surface area contributed by atoms with Gasteiger partial charge in [-0.2, -0.15) is 0 Å². The molecule has 0 aromatic carbocycles. The molecule has 2 aliphatic heterocycles. The summed E-state index contributed by atoms with van der Waals surface area (Å²) in [6.07, 6.45) is 3.99. The van der Waals surface area contributed by atoms with E-state index in [2.05, 4.69) is 0 Å². The molecule has 2 heterocycles. The van der Waals surface area contributed by atoms with Gasteiger partial charge >= 0.3 is 5.97 Å². The Balaban J connectivity index is 2.14. The molecule has 0 aliphatic carbocycles. The minimum atomic E-state index is -1.09. The van der Waals surface area contributed by atoms with Gasteiger partial charge in [-0.05, 0) is 6.42 Å². The molecule has 0 radical (unpaired) electrons. The van der Waals surface area contributed by atoms with Gasteiger partial charge in [0.25, 0.3) is 23.6 Å². The number of carbonyl (C=O) groups excluding carboxylic acids is 4. The molecule has 0 saturated heterocycles. The van der Waals surface area contributed by atoms with Crippen molar-refractivity contribution in [2.75, 3.05) is 6.54 Å². The Morgan fingerprint density at radius 1 is 0.952 bits per heavy atom. The molecule has 2 rings (SSSR count). The fourth-order valence-corrected chi connectivity index (χ4v) is 2.19.